The van der Waals surface area contributed by atoms with E-state index in [0.717, 1.165) is 5.56 Å². The van der Waals surface area contributed by atoms with Crippen molar-refractivity contribution in [1.29, 1.82) is 0 Å². The van der Waals surface area contributed by atoms with Crippen molar-refractivity contribution in [3.8, 4) is 0 Å². The maximum atomic E-state index is 13.9. The lowest BCUT2D eigenvalue weighted by atomic mass is 10.1. The summed E-state index contributed by atoms with van der Waals surface area (Å²) in [5.41, 5.74) is 1.79. The van der Waals surface area contributed by atoms with E-state index in [0.29, 0.717) is 17.5 Å². The number of hydrogen-bond acceptors (Lipinski definition) is 6. The lowest BCUT2D eigenvalue weighted by Crippen LogP contribution is -2.55. The number of anilines is 2. The molecule has 3 aromatic carbocycles. The lowest BCUT2D eigenvalue weighted by Gasteiger charge is -2.25. The number of fused-ring (bicyclic) bond motifs is 1. The summed E-state index contributed by atoms with van der Waals surface area (Å²) in [6, 6.07) is 21.4. The van der Waals surface area contributed by atoms with Gasteiger partial charge in [0.15, 0.2) is 0 Å². The van der Waals surface area contributed by atoms with Gasteiger partial charge in [-0.1, -0.05) is 60.7 Å². The third kappa shape index (κ3) is 7.45. The fraction of sp³-hybridized carbons (Fsp3) is 0.226. The third-order valence-corrected chi connectivity index (χ3v) is 6.59. The number of benzene rings is 3. The Bertz CT molecular complexity index is 1460. The topological polar surface area (TPSA) is 145 Å². The monoisotopic (exact) mass is 569 g/mol. The Kier molecular flexibility index (Phi) is 9.77. The molecule has 1 heterocycles. The number of urea groups is 1. The Morgan fingerprint density at radius 2 is 1.52 bits per heavy atom. The molecule has 0 fully saturated rings. The summed E-state index contributed by atoms with van der Waals surface area (Å²) in [5, 5.41) is 8.04. The molecule has 11 heteroatoms. The largest absolute Gasteiger partial charge is 0.345 e. The fourth-order valence-electron chi connectivity index (χ4n) is 4.59. The Labute approximate surface area is 242 Å². The normalized spacial score (nSPS) is 15.1. The van der Waals surface area contributed by atoms with E-state index >= 15 is 0 Å². The first-order valence-electron chi connectivity index (χ1n) is 13.4. The first-order chi connectivity index (χ1) is 20.3. The number of para-hydroxylation sites is 2. The number of amides is 5. The molecule has 11 nitrogen and oxygen atoms in total. The van der Waals surface area contributed by atoms with Crippen LogP contribution in [0.1, 0.15) is 29.3 Å². The Balaban J connectivity index is 1.66. The number of rotatable bonds is 10. The zero-order valence-electron chi connectivity index (χ0n) is 23.0. The first kappa shape index (κ1) is 29.7. The van der Waals surface area contributed by atoms with Gasteiger partial charge in [-0.3, -0.25) is 29.0 Å². The molecule has 0 bridgehead atoms. The summed E-state index contributed by atoms with van der Waals surface area (Å²) in [6.07, 6.45) is 0.268. The standard InChI is InChI=1S/C31H31N5O6/c1-21(38)16-24(20-37)33-28(39)19-35-26-14-8-9-15-27(26)36(31(42)32-17-22-10-4-2-5-11-22)18-25(30(35)41)34-29(40)23-12-6-3-7-13-23/h2-15,20,24-25H,16-19H2,1H3,(H,32,42)(H,33,39)(H,34,40)/t24-,25-/m0/s1. The fourth-order valence-corrected chi connectivity index (χ4v) is 4.59. The second-order valence-corrected chi connectivity index (χ2v) is 9.78. The highest BCUT2D eigenvalue weighted by Crippen LogP contribution is 2.33. The SMILES string of the molecule is CC(=O)C[C@@H](C=O)NC(=O)CN1C(=O)[C@@H](NC(=O)c2ccccc2)CN(C(=O)NCc2ccccc2)c2ccccc21. The molecular weight excluding hydrogens is 538 g/mol. The van der Waals surface area contributed by atoms with Crippen molar-refractivity contribution in [1.82, 2.24) is 16.0 Å². The van der Waals surface area contributed by atoms with Gasteiger partial charge < -0.3 is 20.7 Å². The van der Waals surface area contributed by atoms with E-state index in [-0.39, 0.29) is 31.0 Å². The molecule has 3 N–H and O–H groups in total. The van der Waals surface area contributed by atoms with E-state index in [2.05, 4.69) is 16.0 Å². The summed E-state index contributed by atoms with van der Waals surface area (Å²) in [5.74, 6) is -2.14. The number of Topliss-reactive ketones (excluding diaryl/α,β-unsaturated/α-hetero) is 1. The van der Waals surface area contributed by atoms with Gasteiger partial charge in [-0.2, -0.15) is 0 Å². The minimum absolute atomic E-state index is 0.190. The average Bonchev–Trinajstić information content (AvgIpc) is 3.11. The van der Waals surface area contributed by atoms with E-state index in [1.807, 2.05) is 30.3 Å². The van der Waals surface area contributed by atoms with Crippen molar-refractivity contribution in [2.45, 2.75) is 32.0 Å². The van der Waals surface area contributed by atoms with Gasteiger partial charge in [0.2, 0.25) is 5.91 Å². The van der Waals surface area contributed by atoms with Gasteiger partial charge >= 0.3 is 6.03 Å². The van der Waals surface area contributed by atoms with Gasteiger partial charge in [0, 0.05) is 18.5 Å². The van der Waals surface area contributed by atoms with Crippen molar-refractivity contribution in [2.75, 3.05) is 22.9 Å². The maximum Gasteiger partial charge on any atom is 0.322 e. The first-order valence-corrected chi connectivity index (χ1v) is 13.4. The summed E-state index contributed by atoms with van der Waals surface area (Å²) in [7, 11) is 0. The van der Waals surface area contributed by atoms with Crippen molar-refractivity contribution >= 4 is 47.2 Å². The molecule has 0 spiro atoms. The molecule has 0 radical (unpaired) electrons. The molecule has 0 unspecified atom stereocenters. The Morgan fingerprint density at radius 1 is 0.905 bits per heavy atom. The zero-order valence-corrected chi connectivity index (χ0v) is 23.0. The number of hydrogen-bond donors (Lipinski definition) is 3. The molecule has 2 atom stereocenters. The van der Waals surface area contributed by atoms with Gasteiger partial charge in [0.05, 0.1) is 24.0 Å². The number of aldehydes is 1. The van der Waals surface area contributed by atoms with Gasteiger partial charge in [0.25, 0.3) is 11.8 Å². The molecule has 1 aliphatic heterocycles. The minimum Gasteiger partial charge on any atom is -0.345 e. The molecule has 42 heavy (non-hydrogen) atoms. The van der Waals surface area contributed by atoms with E-state index in [1.54, 1.807) is 54.6 Å². The van der Waals surface area contributed by atoms with Crippen molar-refractivity contribution in [3.05, 3.63) is 96.1 Å². The van der Waals surface area contributed by atoms with Crippen LogP contribution in [0.5, 0.6) is 0 Å². The van der Waals surface area contributed by atoms with Crippen LogP contribution in [-0.2, 0) is 25.7 Å². The molecule has 5 amide bonds. The van der Waals surface area contributed by atoms with Gasteiger partial charge in [0.1, 0.15) is 24.7 Å². The highest BCUT2D eigenvalue weighted by Gasteiger charge is 2.38. The number of ketones is 1. The highest BCUT2D eigenvalue weighted by molar-refractivity contribution is 6.10. The molecule has 3 aromatic rings. The molecule has 0 saturated carbocycles. The quantitative estimate of drug-likeness (QED) is 0.319. The molecule has 0 aliphatic carbocycles. The molecule has 1 aliphatic rings. The number of carbonyl (C=O) groups excluding carboxylic acids is 6. The number of carbonyl (C=O) groups is 6. The summed E-state index contributed by atoms with van der Waals surface area (Å²) in [4.78, 5) is 79.0. The van der Waals surface area contributed by atoms with Crippen LogP contribution in [0.2, 0.25) is 0 Å². The molecule has 4 rings (SSSR count). The predicted molar refractivity (Wildman–Crippen MR) is 156 cm³/mol. The predicted octanol–water partition coefficient (Wildman–Crippen LogP) is 2.21. The summed E-state index contributed by atoms with van der Waals surface area (Å²) >= 11 is 0. The van der Waals surface area contributed by atoms with E-state index in [4.69, 9.17) is 0 Å². The third-order valence-electron chi connectivity index (χ3n) is 6.59. The summed E-state index contributed by atoms with van der Waals surface area (Å²) in [6.45, 7) is 0.793. The van der Waals surface area contributed by atoms with Gasteiger partial charge in [-0.05, 0) is 36.8 Å². The number of nitrogens with zero attached hydrogens (tertiary/aromatic N) is 2. The van der Waals surface area contributed by atoms with Crippen LogP contribution in [0.3, 0.4) is 0 Å². The summed E-state index contributed by atoms with van der Waals surface area (Å²) < 4.78 is 0. The smallest absolute Gasteiger partial charge is 0.322 e. The second-order valence-electron chi connectivity index (χ2n) is 9.78. The lowest BCUT2D eigenvalue weighted by molar-refractivity contribution is -0.126. The van der Waals surface area contributed by atoms with Crippen LogP contribution in [0.25, 0.3) is 0 Å². The highest BCUT2D eigenvalue weighted by atomic mass is 16.2. The van der Waals surface area contributed by atoms with Crippen LogP contribution < -0.4 is 25.8 Å². The molecule has 216 valence electrons. The van der Waals surface area contributed by atoms with E-state index in [1.165, 1.54) is 16.7 Å². The minimum atomic E-state index is -1.22. The Hall–Kier alpha value is -5.32. The van der Waals surface area contributed by atoms with E-state index < -0.39 is 42.4 Å². The zero-order chi connectivity index (χ0) is 30.1. The van der Waals surface area contributed by atoms with Crippen LogP contribution in [-0.4, -0.2) is 61.0 Å². The van der Waals surface area contributed by atoms with Crippen LogP contribution in [0, 0.1) is 0 Å². The molecular formula is C31H31N5O6. The van der Waals surface area contributed by atoms with Gasteiger partial charge in [-0.25, -0.2) is 4.79 Å². The number of nitrogens with one attached hydrogen (secondary N) is 3. The Morgan fingerprint density at radius 3 is 2.17 bits per heavy atom. The van der Waals surface area contributed by atoms with Crippen LogP contribution >= 0.6 is 0 Å². The van der Waals surface area contributed by atoms with Crippen LogP contribution in [0.15, 0.2) is 84.9 Å². The van der Waals surface area contributed by atoms with Gasteiger partial charge in [-0.15, -0.1) is 0 Å². The molecule has 0 aromatic heterocycles. The van der Waals surface area contributed by atoms with Crippen LogP contribution in [0.4, 0.5) is 16.2 Å². The maximum absolute atomic E-state index is 13.9. The van der Waals surface area contributed by atoms with Crippen molar-refractivity contribution < 1.29 is 28.8 Å². The van der Waals surface area contributed by atoms with E-state index in [9.17, 15) is 28.8 Å². The molecule has 0 saturated heterocycles. The van der Waals surface area contributed by atoms with Crippen molar-refractivity contribution in [3.63, 3.8) is 0 Å². The van der Waals surface area contributed by atoms with Crippen molar-refractivity contribution in [2.24, 2.45) is 0 Å². The average molecular weight is 570 g/mol. The second kappa shape index (κ2) is 13.8.